The van der Waals surface area contributed by atoms with Crippen molar-refractivity contribution in [3.63, 3.8) is 0 Å². The molecule has 0 fully saturated rings. The average Bonchev–Trinajstić information content (AvgIpc) is 2.63. The van der Waals surface area contributed by atoms with Gasteiger partial charge in [0.1, 0.15) is 0 Å². The van der Waals surface area contributed by atoms with Gasteiger partial charge in [-0.3, -0.25) is 0 Å². The van der Waals surface area contributed by atoms with Gasteiger partial charge in [-0.05, 0) is 0 Å². The van der Waals surface area contributed by atoms with Crippen molar-refractivity contribution in [2.75, 3.05) is 0 Å². The molecule has 84 valence electrons. The van der Waals surface area contributed by atoms with Crippen LogP contribution in [-0.4, -0.2) is 0 Å². The van der Waals surface area contributed by atoms with E-state index in [9.17, 15) is 0 Å². The van der Waals surface area contributed by atoms with E-state index in [1.165, 1.54) is 9.86 Å². The van der Waals surface area contributed by atoms with E-state index in [0.29, 0.717) is 0 Å². The monoisotopic (exact) mass is 291 g/mol. The first kappa shape index (κ1) is 15.7. The predicted molar refractivity (Wildman–Crippen MR) is 55.0 cm³/mol. The number of rotatable bonds is 2. The largest absolute Gasteiger partial charge is 1.00 e. The van der Waals surface area contributed by atoms with Gasteiger partial charge in [-0.15, -0.1) is 0 Å². The van der Waals surface area contributed by atoms with Crippen molar-refractivity contribution in [1.82, 2.24) is 0 Å². The van der Waals surface area contributed by atoms with Crippen molar-refractivity contribution in [3.05, 3.63) is 52.3 Å². The molecule has 0 atom stereocenters. The molecule has 0 N–H and O–H groups in total. The zero-order chi connectivity index (χ0) is 9.80. The van der Waals surface area contributed by atoms with Gasteiger partial charge < -0.3 is 24.8 Å². The van der Waals surface area contributed by atoms with Crippen molar-refractivity contribution in [2.45, 2.75) is 13.3 Å². The summed E-state index contributed by atoms with van der Waals surface area (Å²) in [4.78, 5) is 0. The molecule has 1 aliphatic rings. The molecule has 0 bridgehead atoms. The summed E-state index contributed by atoms with van der Waals surface area (Å²) in [6.07, 6.45) is 5.54. The Kier molecular flexibility index (Phi) is 7.70. The van der Waals surface area contributed by atoms with Gasteiger partial charge >= 0.3 is 91.3 Å². The number of nitrogens with zero attached hydrogens (tertiary/aromatic N) is 1. The van der Waals surface area contributed by atoms with E-state index in [4.69, 9.17) is 0 Å². The Labute approximate surface area is 116 Å². The van der Waals surface area contributed by atoms with E-state index in [-0.39, 0.29) is 40.9 Å². The fourth-order valence-corrected chi connectivity index (χ4v) is 2.57. The first-order valence-corrected chi connectivity index (χ1v) is 6.01. The summed E-state index contributed by atoms with van der Waals surface area (Å²) in [7, 11) is 0. The molecule has 1 aromatic carbocycles. The second-order valence-corrected chi connectivity index (χ2v) is 4.74. The van der Waals surface area contributed by atoms with E-state index < -0.39 is 0 Å². The normalized spacial score (nSPS) is 13.3. The van der Waals surface area contributed by atoms with Gasteiger partial charge in [0.05, 0.1) is 0 Å². The summed E-state index contributed by atoms with van der Waals surface area (Å²) in [6, 6.07) is 10.2. The molecule has 4 heteroatoms. The predicted octanol–water partition coefficient (Wildman–Crippen LogP) is -2.17. The molecular formula is C12H12Cl2NV. The molecule has 0 aromatic heterocycles. The fourth-order valence-electron chi connectivity index (χ4n) is 1.34. The standard InChI is InChI=1S/C6H5N.C6H7.2ClH.V/c7-6-4-2-1-3-5-6;1-6-4-2-3-5-6;;;/h1-5H;2,4H,3H2,1H3;2*1H;/q;;;;+2/p-2. The zero-order valence-electron chi connectivity index (χ0n) is 8.90. The first-order valence-electron chi connectivity index (χ1n) is 4.69. The number of hydrogen-bond acceptors (Lipinski definition) is 1. The summed E-state index contributed by atoms with van der Waals surface area (Å²) >= 11 is -0.00895. The first-order chi connectivity index (χ1) is 6.86. The van der Waals surface area contributed by atoms with Crippen LogP contribution in [0.25, 0.3) is 0 Å². The van der Waals surface area contributed by atoms with Crippen LogP contribution < -0.4 is 24.8 Å². The summed E-state index contributed by atoms with van der Waals surface area (Å²) in [5.41, 5.74) is 2.53. The third kappa shape index (κ3) is 4.27. The number of hydrogen-bond donors (Lipinski definition) is 0. The van der Waals surface area contributed by atoms with Gasteiger partial charge in [0.2, 0.25) is 0 Å². The van der Waals surface area contributed by atoms with Gasteiger partial charge in [-0.1, -0.05) is 0 Å². The Bertz CT molecular complexity index is 410. The summed E-state index contributed by atoms with van der Waals surface area (Å²) in [5.74, 6) is 0. The third-order valence-corrected chi connectivity index (χ3v) is 3.91. The Morgan fingerprint density at radius 2 is 1.81 bits per heavy atom. The second kappa shape index (κ2) is 7.86. The van der Waals surface area contributed by atoms with Crippen LogP contribution in [0.5, 0.6) is 0 Å². The fraction of sp³-hybridized carbons (Fsp3) is 0.167. The molecule has 0 spiro atoms. The number of benzene rings is 1. The van der Waals surface area contributed by atoms with Crippen LogP contribution in [0.4, 0.5) is 5.69 Å². The van der Waals surface area contributed by atoms with Crippen LogP contribution in [0, 0.1) is 0 Å². The maximum absolute atomic E-state index is 4.63. The van der Waals surface area contributed by atoms with Crippen molar-refractivity contribution in [2.24, 2.45) is 3.79 Å². The van der Waals surface area contributed by atoms with E-state index in [0.717, 1.165) is 12.1 Å². The minimum atomic E-state index is -0.00895. The molecule has 1 aromatic rings. The Morgan fingerprint density at radius 1 is 1.12 bits per heavy atom. The van der Waals surface area contributed by atoms with Crippen LogP contribution in [0.3, 0.4) is 0 Å². The number of allylic oxidation sites excluding steroid dienone is 4. The third-order valence-electron chi connectivity index (χ3n) is 2.18. The van der Waals surface area contributed by atoms with Crippen molar-refractivity contribution < 1.29 is 40.9 Å². The summed E-state index contributed by atoms with van der Waals surface area (Å²) in [5, 5.41) is 0. The number of halogens is 2. The van der Waals surface area contributed by atoms with Gasteiger partial charge in [-0.25, -0.2) is 0 Å². The van der Waals surface area contributed by atoms with Crippen molar-refractivity contribution in [3.8, 4) is 0 Å². The van der Waals surface area contributed by atoms with E-state index in [1.54, 1.807) is 0 Å². The Hall–Kier alpha value is -0.336. The van der Waals surface area contributed by atoms with Gasteiger partial charge in [0.15, 0.2) is 0 Å². The quantitative estimate of drug-likeness (QED) is 0.588. The molecule has 16 heavy (non-hydrogen) atoms. The van der Waals surface area contributed by atoms with Crippen LogP contribution in [0.15, 0.2) is 56.1 Å². The molecule has 0 radical (unpaired) electrons. The van der Waals surface area contributed by atoms with Crippen LogP contribution >= 0.6 is 0 Å². The molecule has 2 rings (SSSR count). The van der Waals surface area contributed by atoms with Gasteiger partial charge in [0, 0.05) is 0 Å². The average molecular weight is 292 g/mol. The molecule has 1 nitrogen and oxygen atoms in total. The minimum Gasteiger partial charge on any atom is -1.00 e. The SMILES string of the molecule is CC1=[C](/[V+2]=[N]/c2ccccc2)CC=C1.[Cl-].[Cl-]. The molecule has 0 amide bonds. The Balaban J connectivity index is 0.00000112. The van der Waals surface area contributed by atoms with Crippen molar-refractivity contribution >= 4 is 5.69 Å². The van der Waals surface area contributed by atoms with Crippen molar-refractivity contribution in [1.29, 1.82) is 0 Å². The maximum Gasteiger partial charge on any atom is -1.00 e. The van der Waals surface area contributed by atoms with Gasteiger partial charge in [0.25, 0.3) is 0 Å². The van der Waals surface area contributed by atoms with Crippen LogP contribution in [0.1, 0.15) is 13.3 Å². The summed E-state index contributed by atoms with van der Waals surface area (Å²) in [6.45, 7) is 2.18. The molecular weight excluding hydrogens is 280 g/mol. The topological polar surface area (TPSA) is 12.4 Å². The van der Waals surface area contributed by atoms with E-state index >= 15 is 0 Å². The van der Waals surface area contributed by atoms with E-state index in [2.05, 4.69) is 35.0 Å². The van der Waals surface area contributed by atoms with Crippen LogP contribution in [0.2, 0.25) is 0 Å². The molecule has 0 saturated carbocycles. The molecule has 0 unspecified atom stereocenters. The Morgan fingerprint density at radius 3 is 2.38 bits per heavy atom. The molecule has 1 aliphatic carbocycles. The molecule has 0 aliphatic heterocycles. The minimum absolute atomic E-state index is 0. The smallest absolute Gasteiger partial charge is 1.00 e. The van der Waals surface area contributed by atoms with E-state index in [1.807, 2.05) is 18.2 Å². The summed E-state index contributed by atoms with van der Waals surface area (Å²) < 4.78 is 6.17. The second-order valence-electron chi connectivity index (χ2n) is 3.27. The molecule has 0 heterocycles. The van der Waals surface area contributed by atoms with Crippen LogP contribution in [-0.2, 0) is 16.1 Å². The zero-order valence-corrected chi connectivity index (χ0v) is 11.8. The van der Waals surface area contributed by atoms with Gasteiger partial charge in [-0.2, -0.15) is 0 Å². The maximum atomic E-state index is 4.63. The molecule has 0 saturated heterocycles.